The number of fused-ring (bicyclic) bond motifs is 1. The Hall–Kier alpha value is -4.35. The van der Waals surface area contributed by atoms with Gasteiger partial charge < -0.3 is 20.7 Å². The van der Waals surface area contributed by atoms with Crippen LogP contribution >= 0.6 is 0 Å². The molecule has 5 rings (SSSR count). The first-order valence-corrected chi connectivity index (χ1v) is 12.3. The summed E-state index contributed by atoms with van der Waals surface area (Å²) in [5, 5.41) is 13.4. The molecule has 1 aliphatic carbocycles. The lowest BCUT2D eigenvalue weighted by Crippen LogP contribution is -2.26. The largest absolute Gasteiger partial charge is 0.494 e. The smallest absolute Gasteiger partial charge is 0.390 e. The SMILES string of the molecule is COc1cc(Nc2cc(NCCC(F)(F)F)c3ncc(-c4ccc(C(=O)NC5CC5)c(C)c4)n3n2)ccc1F. The quantitative estimate of drug-likeness (QED) is 0.230. The number of alkyl halides is 3. The van der Waals surface area contributed by atoms with Gasteiger partial charge in [-0.05, 0) is 49.6 Å². The van der Waals surface area contributed by atoms with Gasteiger partial charge >= 0.3 is 6.18 Å². The number of carbonyl (C=O) groups excluding carboxylic acids is 1. The summed E-state index contributed by atoms with van der Waals surface area (Å²) in [7, 11) is 1.34. The second-order valence-electron chi connectivity index (χ2n) is 9.37. The van der Waals surface area contributed by atoms with Gasteiger partial charge in [-0.1, -0.05) is 6.07 Å². The van der Waals surface area contributed by atoms with Crippen molar-refractivity contribution in [3.8, 4) is 17.0 Å². The summed E-state index contributed by atoms with van der Waals surface area (Å²) in [5.41, 5.74) is 3.73. The molecule has 204 valence electrons. The number of imidazole rings is 1. The zero-order valence-electron chi connectivity index (χ0n) is 21.2. The summed E-state index contributed by atoms with van der Waals surface area (Å²) in [4.78, 5) is 17.0. The monoisotopic (exact) mass is 542 g/mol. The Balaban J connectivity index is 1.51. The Morgan fingerprint density at radius 2 is 1.95 bits per heavy atom. The second kappa shape index (κ2) is 10.4. The Morgan fingerprint density at radius 3 is 2.64 bits per heavy atom. The van der Waals surface area contributed by atoms with Gasteiger partial charge in [0, 0.05) is 41.5 Å². The van der Waals surface area contributed by atoms with Gasteiger partial charge in [0.15, 0.2) is 23.0 Å². The van der Waals surface area contributed by atoms with Crippen LogP contribution in [0.25, 0.3) is 16.9 Å². The first-order chi connectivity index (χ1) is 18.6. The van der Waals surface area contributed by atoms with E-state index in [1.54, 1.807) is 18.3 Å². The number of benzene rings is 2. The molecule has 2 heterocycles. The lowest BCUT2D eigenvalue weighted by atomic mass is 10.0. The van der Waals surface area contributed by atoms with E-state index in [4.69, 9.17) is 4.74 Å². The summed E-state index contributed by atoms with van der Waals surface area (Å²) in [6.07, 6.45) is -1.82. The van der Waals surface area contributed by atoms with Crippen molar-refractivity contribution in [2.75, 3.05) is 24.3 Å². The molecule has 0 radical (unpaired) electrons. The maximum atomic E-state index is 13.9. The van der Waals surface area contributed by atoms with Crippen LogP contribution in [0.15, 0.2) is 48.7 Å². The van der Waals surface area contributed by atoms with Gasteiger partial charge in [-0.25, -0.2) is 13.9 Å². The summed E-state index contributed by atoms with van der Waals surface area (Å²) in [6, 6.07) is 11.3. The molecule has 2 aromatic heterocycles. The van der Waals surface area contributed by atoms with Crippen molar-refractivity contribution in [3.63, 3.8) is 0 Å². The molecule has 12 heteroatoms. The minimum absolute atomic E-state index is 0.0224. The lowest BCUT2D eigenvalue weighted by Gasteiger charge is -2.14. The molecule has 2 aromatic carbocycles. The van der Waals surface area contributed by atoms with Gasteiger partial charge in [0.1, 0.15) is 0 Å². The number of hydrogen-bond acceptors (Lipinski definition) is 6. The molecule has 8 nitrogen and oxygen atoms in total. The van der Waals surface area contributed by atoms with E-state index in [1.165, 1.54) is 35.9 Å². The van der Waals surface area contributed by atoms with Gasteiger partial charge in [0.05, 0.1) is 31.1 Å². The standard InChI is InChI=1S/C27H26F4N6O2/c1-15-11-16(3-7-19(15)26(38)35-17-4-5-17)22-14-33-25-21(32-10-9-27(29,30)31)13-24(36-37(22)25)34-18-6-8-20(28)23(12-18)39-2/h3,6-8,11-14,17,32H,4-5,9-10H2,1-2H3,(H,34,36)(H,35,38). The minimum atomic E-state index is -4.33. The molecule has 0 aliphatic heterocycles. The molecule has 39 heavy (non-hydrogen) atoms. The number of aromatic nitrogens is 3. The van der Waals surface area contributed by atoms with Gasteiger partial charge in [0.2, 0.25) is 0 Å². The summed E-state index contributed by atoms with van der Waals surface area (Å²) in [6.45, 7) is 1.47. The zero-order valence-corrected chi connectivity index (χ0v) is 21.2. The predicted octanol–water partition coefficient (Wildman–Crippen LogP) is 5.85. The van der Waals surface area contributed by atoms with Crippen molar-refractivity contribution in [2.24, 2.45) is 0 Å². The number of nitrogens with one attached hydrogen (secondary N) is 3. The summed E-state index contributed by atoms with van der Waals surface area (Å²) >= 11 is 0. The Morgan fingerprint density at radius 1 is 1.15 bits per heavy atom. The third-order valence-electron chi connectivity index (χ3n) is 6.29. The van der Waals surface area contributed by atoms with Gasteiger partial charge in [-0.3, -0.25) is 4.79 Å². The number of carbonyl (C=O) groups is 1. The van der Waals surface area contributed by atoms with Gasteiger partial charge in [-0.15, -0.1) is 5.10 Å². The van der Waals surface area contributed by atoms with Crippen LogP contribution in [0.1, 0.15) is 35.2 Å². The highest BCUT2D eigenvalue weighted by atomic mass is 19.4. The van der Waals surface area contributed by atoms with E-state index in [1.807, 2.05) is 13.0 Å². The van der Waals surface area contributed by atoms with E-state index >= 15 is 0 Å². The van der Waals surface area contributed by atoms with E-state index in [9.17, 15) is 22.4 Å². The molecular formula is C27H26F4N6O2. The van der Waals surface area contributed by atoms with Crippen molar-refractivity contribution < 1.29 is 27.1 Å². The highest BCUT2D eigenvalue weighted by Gasteiger charge is 2.27. The van der Waals surface area contributed by atoms with Crippen molar-refractivity contribution in [2.45, 2.75) is 38.4 Å². The number of aryl methyl sites for hydroxylation is 1. The normalized spacial score (nSPS) is 13.4. The fourth-order valence-electron chi connectivity index (χ4n) is 4.15. The number of nitrogens with zero attached hydrogens (tertiary/aromatic N) is 3. The average molecular weight is 543 g/mol. The van der Waals surface area contributed by atoms with E-state index < -0.39 is 18.4 Å². The summed E-state index contributed by atoms with van der Waals surface area (Å²) in [5.74, 6) is -0.367. The fraction of sp³-hybridized carbons (Fsp3) is 0.296. The molecule has 4 aromatic rings. The van der Waals surface area contributed by atoms with Crippen LogP contribution in [-0.4, -0.2) is 46.4 Å². The molecule has 0 bridgehead atoms. The number of halogens is 4. The van der Waals surface area contributed by atoms with E-state index in [0.29, 0.717) is 28.3 Å². The van der Waals surface area contributed by atoms with Crippen LogP contribution in [0, 0.1) is 12.7 Å². The third kappa shape index (κ3) is 6.05. The third-order valence-corrected chi connectivity index (χ3v) is 6.29. The fourth-order valence-corrected chi connectivity index (χ4v) is 4.15. The summed E-state index contributed by atoms with van der Waals surface area (Å²) < 4.78 is 58.9. The van der Waals surface area contributed by atoms with Crippen LogP contribution in [-0.2, 0) is 0 Å². The van der Waals surface area contributed by atoms with E-state index in [0.717, 1.165) is 24.0 Å². The molecule has 1 amide bonds. The van der Waals surface area contributed by atoms with Crippen molar-refractivity contribution in [1.29, 1.82) is 0 Å². The average Bonchev–Trinajstić information content (AvgIpc) is 3.59. The molecule has 0 unspecified atom stereocenters. The molecule has 0 atom stereocenters. The number of amides is 1. The molecule has 1 saturated carbocycles. The van der Waals surface area contributed by atoms with Crippen LogP contribution in [0.2, 0.25) is 0 Å². The molecule has 1 aliphatic rings. The van der Waals surface area contributed by atoms with Crippen LogP contribution in [0.4, 0.5) is 34.8 Å². The predicted molar refractivity (Wildman–Crippen MR) is 139 cm³/mol. The van der Waals surface area contributed by atoms with Crippen LogP contribution in [0.5, 0.6) is 5.75 Å². The molecule has 1 fully saturated rings. The first-order valence-electron chi connectivity index (χ1n) is 12.3. The second-order valence-corrected chi connectivity index (χ2v) is 9.37. The highest BCUT2D eigenvalue weighted by molar-refractivity contribution is 5.96. The van der Waals surface area contributed by atoms with Crippen molar-refractivity contribution >= 4 is 28.7 Å². The number of methoxy groups -OCH3 is 1. The first kappa shape index (κ1) is 26.3. The zero-order chi connectivity index (χ0) is 27.7. The number of ether oxygens (including phenoxy) is 1. The number of hydrogen-bond donors (Lipinski definition) is 3. The highest BCUT2D eigenvalue weighted by Crippen LogP contribution is 2.30. The molecule has 0 spiro atoms. The molecule has 3 N–H and O–H groups in total. The molecule has 0 saturated heterocycles. The van der Waals surface area contributed by atoms with Crippen molar-refractivity contribution in [3.05, 3.63) is 65.6 Å². The Labute approximate surface area is 221 Å². The van der Waals surface area contributed by atoms with Crippen LogP contribution in [0.3, 0.4) is 0 Å². The maximum Gasteiger partial charge on any atom is 0.390 e. The Kier molecular flexibility index (Phi) is 7.02. The van der Waals surface area contributed by atoms with Gasteiger partial charge in [-0.2, -0.15) is 13.2 Å². The van der Waals surface area contributed by atoms with E-state index in [2.05, 4.69) is 26.0 Å². The number of rotatable bonds is 9. The topological polar surface area (TPSA) is 92.6 Å². The minimum Gasteiger partial charge on any atom is -0.494 e. The van der Waals surface area contributed by atoms with Crippen molar-refractivity contribution in [1.82, 2.24) is 19.9 Å². The number of anilines is 3. The van der Waals surface area contributed by atoms with Gasteiger partial charge in [0.25, 0.3) is 5.91 Å². The van der Waals surface area contributed by atoms with E-state index in [-0.39, 0.29) is 30.1 Å². The van der Waals surface area contributed by atoms with Crippen LogP contribution < -0.4 is 20.7 Å². The lowest BCUT2D eigenvalue weighted by molar-refractivity contribution is -0.131. The Bertz CT molecular complexity index is 1530. The molecular weight excluding hydrogens is 516 g/mol. The maximum absolute atomic E-state index is 13.9.